The van der Waals surface area contributed by atoms with E-state index in [0.717, 1.165) is 34.8 Å². The van der Waals surface area contributed by atoms with Crippen molar-refractivity contribution in [3.63, 3.8) is 0 Å². The predicted molar refractivity (Wildman–Crippen MR) is 97.5 cm³/mol. The zero-order valence-electron chi connectivity index (χ0n) is 15.2. The van der Waals surface area contributed by atoms with Gasteiger partial charge in [-0.2, -0.15) is 11.8 Å². The molecule has 0 aromatic rings. The van der Waals surface area contributed by atoms with Gasteiger partial charge < -0.3 is 5.11 Å². The molecule has 1 saturated heterocycles. The van der Waals surface area contributed by atoms with Crippen molar-refractivity contribution in [2.45, 2.75) is 88.9 Å². The van der Waals surface area contributed by atoms with Crippen LogP contribution in [0.2, 0.25) is 0 Å². The molecule has 0 bridgehead atoms. The highest BCUT2D eigenvalue weighted by atomic mass is 32.2. The zero-order chi connectivity index (χ0) is 16.1. The summed E-state index contributed by atoms with van der Waals surface area (Å²) in [6.07, 6.45) is 12.4. The highest BCUT2D eigenvalue weighted by Gasteiger charge is 2.64. The first kappa shape index (κ1) is 15.6. The van der Waals surface area contributed by atoms with E-state index in [4.69, 9.17) is 0 Å². The van der Waals surface area contributed by atoms with Crippen molar-refractivity contribution in [3.8, 4) is 0 Å². The Kier molecular flexibility index (Phi) is 3.06. The Bertz CT molecular complexity index is 524. The fraction of sp³-hybridized carbons (Fsp3) is 1.00. The molecule has 0 aromatic carbocycles. The van der Waals surface area contributed by atoms with Crippen LogP contribution in [0.4, 0.5) is 0 Å². The Balaban J connectivity index is 1.45. The van der Waals surface area contributed by atoms with Crippen LogP contribution in [-0.2, 0) is 0 Å². The quantitative estimate of drug-likeness (QED) is 0.609. The average Bonchev–Trinajstić information content (AvgIpc) is 3.21. The van der Waals surface area contributed by atoms with E-state index >= 15 is 0 Å². The van der Waals surface area contributed by atoms with Gasteiger partial charge in [0.15, 0.2) is 0 Å². The summed E-state index contributed by atoms with van der Waals surface area (Å²) in [5.41, 5.74) is 0.397. The molecule has 1 nitrogen and oxygen atoms in total. The van der Waals surface area contributed by atoms with Gasteiger partial charge in [0.2, 0.25) is 0 Å². The number of rotatable bonds is 0. The Morgan fingerprint density at radius 1 is 0.870 bits per heavy atom. The van der Waals surface area contributed by atoms with E-state index in [1.807, 2.05) is 0 Å². The van der Waals surface area contributed by atoms with Crippen LogP contribution < -0.4 is 0 Å². The van der Waals surface area contributed by atoms with Crippen molar-refractivity contribution in [2.24, 2.45) is 34.5 Å². The van der Waals surface area contributed by atoms with Crippen LogP contribution in [0.1, 0.15) is 78.6 Å². The normalized spacial score (nSPS) is 64.2. The first-order valence-corrected chi connectivity index (χ1v) is 11.1. The topological polar surface area (TPSA) is 20.2 Å². The van der Waals surface area contributed by atoms with E-state index in [1.165, 1.54) is 57.1 Å². The lowest BCUT2D eigenvalue weighted by atomic mass is 9.44. The van der Waals surface area contributed by atoms with E-state index in [1.54, 1.807) is 0 Å². The first-order chi connectivity index (χ1) is 10.8. The second-order valence-corrected chi connectivity index (χ2v) is 12.0. The summed E-state index contributed by atoms with van der Waals surface area (Å²) >= 11 is 2.26. The molecule has 2 heteroatoms. The minimum atomic E-state index is -0.415. The molecule has 5 rings (SSSR count). The van der Waals surface area contributed by atoms with Crippen molar-refractivity contribution < 1.29 is 5.11 Å². The van der Waals surface area contributed by atoms with Gasteiger partial charge in [-0.25, -0.2) is 0 Å². The van der Waals surface area contributed by atoms with Crippen molar-refractivity contribution in [1.82, 2.24) is 0 Å². The van der Waals surface area contributed by atoms with E-state index in [-0.39, 0.29) is 5.41 Å². The molecule has 0 aromatic heterocycles. The Labute approximate surface area is 146 Å². The maximum absolute atomic E-state index is 11.0. The molecule has 0 radical (unpaired) electrons. The molecule has 5 fully saturated rings. The highest BCUT2D eigenvalue weighted by Crippen LogP contribution is 2.71. The maximum Gasteiger partial charge on any atom is 0.0675 e. The molecule has 0 unspecified atom stereocenters. The minimum Gasteiger partial charge on any atom is -0.390 e. The van der Waals surface area contributed by atoms with E-state index < -0.39 is 5.60 Å². The van der Waals surface area contributed by atoms with Crippen LogP contribution in [0.15, 0.2) is 0 Å². The fourth-order valence-electron chi connectivity index (χ4n) is 7.92. The van der Waals surface area contributed by atoms with Crippen LogP contribution in [0.5, 0.6) is 0 Å². The van der Waals surface area contributed by atoms with Gasteiger partial charge in [-0.05, 0) is 99.2 Å². The second kappa shape index (κ2) is 4.53. The third-order valence-corrected chi connectivity index (χ3v) is 11.4. The fourth-order valence-corrected chi connectivity index (χ4v) is 8.95. The summed E-state index contributed by atoms with van der Waals surface area (Å²) in [7, 11) is 0. The molecule has 5 aliphatic rings. The van der Waals surface area contributed by atoms with Gasteiger partial charge in [0.05, 0.1) is 5.60 Å². The number of thioether (sulfide) groups is 1. The number of aliphatic hydroxyl groups is 1. The van der Waals surface area contributed by atoms with E-state index in [2.05, 4.69) is 32.5 Å². The molecule has 8 atom stereocenters. The van der Waals surface area contributed by atoms with Gasteiger partial charge in [-0.15, -0.1) is 0 Å². The molecule has 130 valence electrons. The smallest absolute Gasteiger partial charge is 0.0675 e. The molecule has 1 heterocycles. The van der Waals surface area contributed by atoms with Crippen LogP contribution in [0.3, 0.4) is 0 Å². The standard InChI is InChI=1S/C21H34OS/c1-18-10-11-21(13-23-21)12-14(18)4-5-15-16(18)6-8-19(2)17(15)7-9-20(19,3)22/h14-17,22H,4-13H2,1-3H3/t14-,15+,16-,17+,18-,19-,20-,21-/m0/s1. The van der Waals surface area contributed by atoms with Crippen LogP contribution in [-0.4, -0.2) is 21.2 Å². The molecule has 1 spiro atoms. The largest absolute Gasteiger partial charge is 0.390 e. The van der Waals surface area contributed by atoms with Gasteiger partial charge in [0.1, 0.15) is 0 Å². The van der Waals surface area contributed by atoms with Crippen molar-refractivity contribution >= 4 is 11.8 Å². The lowest BCUT2D eigenvalue weighted by Crippen LogP contribution is -2.56. The van der Waals surface area contributed by atoms with Crippen LogP contribution in [0.25, 0.3) is 0 Å². The zero-order valence-corrected chi connectivity index (χ0v) is 16.1. The van der Waals surface area contributed by atoms with Gasteiger partial charge >= 0.3 is 0 Å². The molecule has 23 heavy (non-hydrogen) atoms. The maximum atomic E-state index is 11.0. The monoisotopic (exact) mass is 334 g/mol. The lowest BCUT2D eigenvalue weighted by Gasteiger charge is -2.61. The van der Waals surface area contributed by atoms with Gasteiger partial charge in [-0.1, -0.05) is 13.8 Å². The third-order valence-electron chi connectivity index (χ3n) is 9.92. The summed E-state index contributed by atoms with van der Waals surface area (Å²) in [5, 5.41) is 11.0. The Morgan fingerprint density at radius 2 is 1.61 bits per heavy atom. The second-order valence-electron chi connectivity index (χ2n) is 10.6. The molecule has 4 saturated carbocycles. The van der Waals surface area contributed by atoms with Crippen molar-refractivity contribution in [2.75, 3.05) is 5.75 Å². The highest BCUT2D eigenvalue weighted by molar-refractivity contribution is 8.07. The minimum absolute atomic E-state index is 0.194. The van der Waals surface area contributed by atoms with Crippen LogP contribution in [0, 0.1) is 34.5 Å². The molecule has 1 aliphatic heterocycles. The SMILES string of the molecule is C[C@]12CC[C@@]3(CS3)C[C@@H]1CC[C@H]1[C@H]3CC[C@](C)(O)[C@@]3(C)CC[C@@H]12. The van der Waals surface area contributed by atoms with Crippen molar-refractivity contribution in [1.29, 1.82) is 0 Å². The van der Waals surface area contributed by atoms with Crippen LogP contribution >= 0.6 is 11.8 Å². The summed E-state index contributed by atoms with van der Waals surface area (Å²) in [5.74, 6) is 5.11. The summed E-state index contributed by atoms with van der Waals surface area (Å²) in [4.78, 5) is 0. The average molecular weight is 335 g/mol. The van der Waals surface area contributed by atoms with Crippen molar-refractivity contribution in [3.05, 3.63) is 0 Å². The third kappa shape index (κ3) is 1.92. The number of fused-ring (bicyclic) bond motifs is 5. The predicted octanol–water partition coefficient (Wildman–Crippen LogP) is 5.27. The van der Waals surface area contributed by atoms with Gasteiger partial charge in [-0.3, -0.25) is 0 Å². The molecular weight excluding hydrogens is 300 g/mol. The summed E-state index contributed by atoms with van der Waals surface area (Å²) < 4.78 is 0.733. The van der Waals surface area contributed by atoms with E-state index in [0.29, 0.717) is 5.41 Å². The molecular formula is C21H34OS. The summed E-state index contributed by atoms with van der Waals surface area (Å²) in [6.45, 7) is 7.23. The van der Waals surface area contributed by atoms with Gasteiger partial charge in [0, 0.05) is 10.5 Å². The first-order valence-electron chi connectivity index (χ1n) is 10.2. The van der Waals surface area contributed by atoms with Gasteiger partial charge in [0.25, 0.3) is 0 Å². The number of hydrogen-bond donors (Lipinski definition) is 1. The summed E-state index contributed by atoms with van der Waals surface area (Å²) in [6, 6.07) is 0. The number of hydrogen-bond acceptors (Lipinski definition) is 2. The Hall–Kier alpha value is 0.310. The van der Waals surface area contributed by atoms with E-state index in [9.17, 15) is 5.11 Å². The Morgan fingerprint density at radius 3 is 2.35 bits per heavy atom. The molecule has 1 N–H and O–H groups in total. The molecule has 0 amide bonds. The lowest BCUT2D eigenvalue weighted by molar-refractivity contribution is -0.146. The molecule has 4 aliphatic carbocycles.